The molecule has 0 aliphatic carbocycles. The van der Waals surface area contributed by atoms with Crippen molar-refractivity contribution in [3.8, 4) is 0 Å². The average molecular weight is 555 g/mol. The first kappa shape index (κ1) is 39.5. The number of unbranched alkanes of at least 4 members (excludes halogenated alkanes) is 22. The molecule has 0 aliphatic rings. The van der Waals surface area contributed by atoms with Crippen LogP contribution in [0.25, 0.3) is 0 Å². The summed E-state index contributed by atoms with van der Waals surface area (Å²) in [5, 5.41) is -1.54. The van der Waals surface area contributed by atoms with Gasteiger partial charge in [-0.25, -0.2) is 8.42 Å². The van der Waals surface area contributed by atoms with Crippen LogP contribution >= 0.6 is 0 Å². The van der Waals surface area contributed by atoms with Crippen molar-refractivity contribution >= 4 is 16.1 Å². The molecule has 0 saturated heterocycles. The van der Waals surface area contributed by atoms with Crippen LogP contribution in [0, 0.1) is 0 Å². The van der Waals surface area contributed by atoms with E-state index in [0.717, 1.165) is 38.5 Å². The molecule has 0 saturated carbocycles. The molecule has 0 N–H and O–H groups in total. The van der Waals surface area contributed by atoms with E-state index in [0.29, 0.717) is 6.42 Å². The fourth-order valence-electron chi connectivity index (χ4n) is 4.76. The summed E-state index contributed by atoms with van der Waals surface area (Å²) in [7, 11) is -4.67. The topological polar surface area (TPSA) is 83.5 Å². The zero-order chi connectivity index (χ0) is 26.7. The van der Waals surface area contributed by atoms with Crippen LogP contribution in [0.3, 0.4) is 0 Å². The zero-order valence-corrected chi connectivity index (χ0v) is 27.7. The number of hydrogen-bond donors (Lipinski definition) is 0. The Morgan fingerprint density at radius 1 is 0.568 bits per heavy atom. The molecule has 1 unspecified atom stereocenters. The standard InChI is InChI=1S/C30H60O5S.Na/c1-3-5-7-9-11-13-15-16-17-18-20-22-24-26-28-35-30(31)29(36(32,33)34)27-25-23-21-19-14-12-10-8-6-4-2;/h29H,3-28H2,1-2H3,(H,32,33,34);/q;+1/p-1. The van der Waals surface area contributed by atoms with Crippen molar-refractivity contribution < 1.29 is 52.1 Å². The molecular formula is C30H59NaO5S. The molecule has 37 heavy (non-hydrogen) atoms. The normalized spacial score (nSPS) is 12.3. The molecule has 0 bridgehead atoms. The third-order valence-electron chi connectivity index (χ3n) is 7.17. The second-order valence-corrected chi connectivity index (χ2v) is 12.3. The van der Waals surface area contributed by atoms with Gasteiger partial charge in [-0.3, -0.25) is 4.79 Å². The van der Waals surface area contributed by atoms with Crippen molar-refractivity contribution in [3.05, 3.63) is 0 Å². The Morgan fingerprint density at radius 2 is 0.865 bits per heavy atom. The molecule has 0 radical (unpaired) electrons. The Labute approximate surface area is 253 Å². The van der Waals surface area contributed by atoms with Crippen LogP contribution < -0.4 is 29.6 Å². The summed E-state index contributed by atoms with van der Waals surface area (Å²) in [4.78, 5) is 12.2. The van der Waals surface area contributed by atoms with Crippen molar-refractivity contribution in [1.82, 2.24) is 0 Å². The third kappa shape index (κ3) is 27.7. The van der Waals surface area contributed by atoms with Gasteiger partial charge in [0.15, 0.2) is 0 Å². The van der Waals surface area contributed by atoms with Gasteiger partial charge in [0.25, 0.3) is 0 Å². The van der Waals surface area contributed by atoms with E-state index in [1.165, 1.54) is 109 Å². The van der Waals surface area contributed by atoms with Gasteiger partial charge >= 0.3 is 35.5 Å². The summed E-state index contributed by atoms with van der Waals surface area (Å²) >= 11 is 0. The molecule has 0 aromatic rings. The first-order valence-electron chi connectivity index (χ1n) is 15.5. The summed E-state index contributed by atoms with van der Waals surface area (Å²) in [6.07, 6.45) is 28.7. The van der Waals surface area contributed by atoms with Gasteiger partial charge in [-0.1, -0.05) is 162 Å². The van der Waals surface area contributed by atoms with E-state index in [1.54, 1.807) is 0 Å². The molecular weight excluding hydrogens is 495 g/mol. The SMILES string of the molecule is CCCCCCCCCCCCCCCCOC(=O)C(CCCCCCCCCCCC)S(=O)(=O)[O-].[Na+]. The van der Waals surface area contributed by atoms with E-state index in [1.807, 2.05) is 0 Å². The van der Waals surface area contributed by atoms with Crippen LogP contribution in [0.15, 0.2) is 0 Å². The van der Waals surface area contributed by atoms with Crippen LogP contribution in [-0.4, -0.2) is 30.8 Å². The van der Waals surface area contributed by atoms with E-state index in [-0.39, 0.29) is 42.6 Å². The van der Waals surface area contributed by atoms with Crippen LogP contribution in [0.2, 0.25) is 0 Å². The number of rotatable bonds is 28. The molecule has 7 heteroatoms. The molecule has 0 fully saturated rings. The van der Waals surface area contributed by atoms with Crippen LogP contribution in [-0.2, 0) is 19.6 Å². The quantitative estimate of drug-likeness (QED) is 0.0495. The summed E-state index contributed by atoms with van der Waals surface area (Å²) in [6.45, 7) is 4.68. The Hall–Kier alpha value is 0.380. The van der Waals surface area contributed by atoms with E-state index < -0.39 is 21.3 Å². The van der Waals surface area contributed by atoms with Crippen molar-refractivity contribution in [1.29, 1.82) is 0 Å². The van der Waals surface area contributed by atoms with E-state index in [2.05, 4.69) is 13.8 Å². The fourth-order valence-corrected chi connectivity index (χ4v) is 5.52. The molecule has 0 aromatic heterocycles. The van der Waals surface area contributed by atoms with Gasteiger partial charge in [0, 0.05) is 0 Å². The summed E-state index contributed by atoms with van der Waals surface area (Å²) in [5.41, 5.74) is 0. The predicted octanol–water partition coefficient (Wildman–Crippen LogP) is 6.24. The van der Waals surface area contributed by atoms with Gasteiger partial charge in [-0.2, -0.15) is 0 Å². The first-order chi connectivity index (χ1) is 17.4. The summed E-state index contributed by atoms with van der Waals surface area (Å²) in [5.74, 6) is -0.851. The van der Waals surface area contributed by atoms with Crippen molar-refractivity contribution in [2.24, 2.45) is 0 Å². The van der Waals surface area contributed by atoms with Crippen molar-refractivity contribution in [2.45, 2.75) is 180 Å². The van der Waals surface area contributed by atoms with E-state index >= 15 is 0 Å². The van der Waals surface area contributed by atoms with Gasteiger partial charge in [0.2, 0.25) is 0 Å². The molecule has 5 nitrogen and oxygen atoms in total. The number of carbonyl (C=O) groups excluding carboxylic acids is 1. The summed E-state index contributed by atoms with van der Waals surface area (Å²) < 4.78 is 39.9. The van der Waals surface area contributed by atoms with Crippen LogP contribution in [0.4, 0.5) is 0 Å². The van der Waals surface area contributed by atoms with Gasteiger partial charge in [0.1, 0.15) is 15.4 Å². The molecule has 1 atom stereocenters. The monoisotopic (exact) mass is 554 g/mol. The Bertz CT molecular complexity index is 583. The minimum atomic E-state index is -4.67. The number of esters is 1. The maximum absolute atomic E-state index is 12.2. The largest absolute Gasteiger partial charge is 1.00 e. The Balaban J connectivity index is 0. The second kappa shape index (κ2) is 29.4. The molecule has 0 heterocycles. The van der Waals surface area contributed by atoms with Gasteiger partial charge in [-0.15, -0.1) is 0 Å². The second-order valence-electron chi connectivity index (χ2n) is 10.7. The van der Waals surface area contributed by atoms with Gasteiger partial charge < -0.3 is 9.29 Å². The molecule has 0 rings (SSSR count). The Kier molecular flexibility index (Phi) is 31.4. The number of ether oxygens (including phenoxy) is 1. The first-order valence-corrected chi connectivity index (χ1v) is 17.0. The minimum Gasteiger partial charge on any atom is -0.747 e. The Morgan fingerprint density at radius 3 is 1.19 bits per heavy atom. The predicted molar refractivity (Wildman–Crippen MR) is 151 cm³/mol. The van der Waals surface area contributed by atoms with Crippen molar-refractivity contribution in [2.75, 3.05) is 6.61 Å². The smallest absolute Gasteiger partial charge is 0.747 e. The van der Waals surface area contributed by atoms with Crippen LogP contribution in [0.5, 0.6) is 0 Å². The van der Waals surface area contributed by atoms with Crippen molar-refractivity contribution in [3.63, 3.8) is 0 Å². The maximum Gasteiger partial charge on any atom is 1.00 e. The van der Waals surface area contributed by atoms with E-state index in [9.17, 15) is 17.8 Å². The summed E-state index contributed by atoms with van der Waals surface area (Å²) in [6, 6.07) is 0. The van der Waals surface area contributed by atoms with Gasteiger partial charge in [0.05, 0.1) is 6.61 Å². The van der Waals surface area contributed by atoms with E-state index in [4.69, 9.17) is 4.74 Å². The third-order valence-corrected chi connectivity index (χ3v) is 8.30. The maximum atomic E-state index is 12.2. The van der Waals surface area contributed by atoms with Gasteiger partial charge in [-0.05, 0) is 12.8 Å². The molecule has 0 spiro atoms. The number of carbonyl (C=O) groups is 1. The minimum absolute atomic E-state index is 0. The molecule has 0 amide bonds. The molecule has 0 aliphatic heterocycles. The number of hydrogen-bond acceptors (Lipinski definition) is 5. The zero-order valence-electron chi connectivity index (χ0n) is 24.9. The molecule has 0 aromatic carbocycles. The average Bonchev–Trinajstić information content (AvgIpc) is 2.84. The fraction of sp³-hybridized carbons (Fsp3) is 0.967. The van der Waals surface area contributed by atoms with Crippen LogP contribution in [0.1, 0.15) is 174 Å². The molecule has 216 valence electrons.